The summed E-state index contributed by atoms with van der Waals surface area (Å²) < 4.78 is 24.1. The third-order valence-electron chi connectivity index (χ3n) is 3.05. The van der Waals surface area contributed by atoms with Gasteiger partial charge >= 0.3 is 0 Å². The third-order valence-corrected chi connectivity index (χ3v) is 3.78. The topological polar surface area (TPSA) is 61.4 Å². The smallest absolute Gasteiger partial charge is 0.208 e. The number of nitrogens with zero attached hydrogens (tertiary/aromatic N) is 1. The molecule has 1 aliphatic rings. The average Bonchev–Trinajstić information content (AvgIpc) is 2.22. The molecule has 5 nitrogen and oxygen atoms in total. The molecule has 1 atom stereocenters. The highest BCUT2D eigenvalue weighted by Gasteiger charge is 2.16. The first kappa shape index (κ1) is 14.9. The Labute approximate surface area is 105 Å². The SMILES string of the molecule is CN1CCCC(CNCCCNS(C)(=O)=O)C1. The Morgan fingerprint density at radius 1 is 1.35 bits per heavy atom. The van der Waals surface area contributed by atoms with Crippen molar-refractivity contribution in [2.24, 2.45) is 5.92 Å². The maximum absolute atomic E-state index is 10.8. The second kappa shape index (κ2) is 7.31. The number of sulfonamides is 1. The number of rotatable bonds is 7. The molecule has 0 radical (unpaired) electrons. The Morgan fingerprint density at radius 3 is 2.76 bits per heavy atom. The third kappa shape index (κ3) is 7.70. The van der Waals surface area contributed by atoms with Gasteiger partial charge < -0.3 is 10.2 Å². The van der Waals surface area contributed by atoms with Crippen LogP contribution >= 0.6 is 0 Å². The number of likely N-dealkylation sites (tertiary alicyclic amines) is 1. The van der Waals surface area contributed by atoms with Crippen LogP contribution in [0.15, 0.2) is 0 Å². The van der Waals surface area contributed by atoms with E-state index >= 15 is 0 Å². The van der Waals surface area contributed by atoms with Crippen LogP contribution in [0, 0.1) is 5.92 Å². The van der Waals surface area contributed by atoms with E-state index in [0.29, 0.717) is 6.54 Å². The van der Waals surface area contributed by atoms with Crippen molar-refractivity contribution in [3.63, 3.8) is 0 Å². The van der Waals surface area contributed by atoms with Crippen LogP contribution < -0.4 is 10.0 Å². The Kier molecular flexibility index (Phi) is 6.40. The van der Waals surface area contributed by atoms with E-state index in [2.05, 4.69) is 22.0 Å². The summed E-state index contributed by atoms with van der Waals surface area (Å²) in [6, 6.07) is 0. The molecular formula is C11H25N3O2S. The van der Waals surface area contributed by atoms with E-state index in [-0.39, 0.29) is 0 Å². The van der Waals surface area contributed by atoms with Gasteiger partial charge in [-0.1, -0.05) is 0 Å². The summed E-state index contributed by atoms with van der Waals surface area (Å²) in [5, 5.41) is 3.40. The van der Waals surface area contributed by atoms with E-state index in [1.165, 1.54) is 32.2 Å². The molecule has 0 bridgehead atoms. The van der Waals surface area contributed by atoms with E-state index in [9.17, 15) is 8.42 Å². The van der Waals surface area contributed by atoms with Crippen LogP contribution in [0.4, 0.5) is 0 Å². The van der Waals surface area contributed by atoms with Crippen LogP contribution in [0.3, 0.4) is 0 Å². The quantitative estimate of drug-likeness (QED) is 0.628. The van der Waals surface area contributed by atoms with Gasteiger partial charge in [-0.15, -0.1) is 0 Å². The Bertz CT molecular complexity index is 306. The molecule has 1 aliphatic heterocycles. The highest BCUT2D eigenvalue weighted by atomic mass is 32.2. The fraction of sp³-hybridized carbons (Fsp3) is 1.00. The molecule has 0 aromatic heterocycles. The van der Waals surface area contributed by atoms with E-state index in [0.717, 1.165) is 25.4 Å². The number of piperidine rings is 1. The van der Waals surface area contributed by atoms with Crippen molar-refractivity contribution in [3.8, 4) is 0 Å². The first-order valence-corrected chi connectivity index (χ1v) is 8.20. The molecule has 1 saturated heterocycles. The molecular weight excluding hydrogens is 238 g/mol. The Balaban J connectivity index is 1.97. The van der Waals surface area contributed by atoms with E-state index in [4.69, 9.17) is 0 Å². The molecule has 0 aromatic carbocycles. The Morgan fingerprint density at radius 2 is 2.12 bits per heavy atom. The number of hydrogen-bond donors (Lipinski definition) is 2. The van der Waals surface area contributed by atoms with Crippen molar-refractivity contribution >= 4 is 10.0 Å². The first-order valence-electron chi connectivity index (χ1n) is 6.31. The molecule has 17 heavy (non-hydrogen) atoms. The van der Waals surface area contributed by atoms with Gasteiger partial charge in [0.2, 0.25) is 10.0 Å². The van der Waals surface area contributed by atoms with Crippen molar-refractivity contribution in [3.05, 3.63) is 0 Å². The van der Waals surface area contributed by atoms with Crippen molar-refractivity contribution < 1.29 is 8.42 Å². The minimum absolute atomic E-state index is 0.524. The van der Waals surface area contributed by atoms with Gasteiger partial charge in [0.15, 0.2) is 0 Å². The Hall–Kier alpha value is -0.170. The molecule has 0 aromatic rings. The van der Waals surface area contributed by atoms with Gasteiger partial charge in [-0.25, -0.2) is 13.1 Å². The maximum atomic E-state index is 10.8. The highest BCUT2D eigenvalue weighted by Crippen LogP contribution is 2.13. The monoisotopic (exact) mass is 263 g/mol. The van der Waals surface area contributed by atoms with Crippen LogP contribution in [0.5, 0.6) is 0 Å². The zero-order valence-electron chi connectivity index (χ0n) is 10.9. The molecule has 2 N–H and O–H groups in total. The van der Waals surface area contributed by atoms with Gasteiger partial charge in [0.05, 0.1) is 6.26 Å². The summed E-state index contributed by atoms with van der Waals surface area (Å²) in [5.41, 5.74) is 0. The molecule has 1 fully saturated rings. The molecule has 1 rings (SSSR count). The zero-order valence-corrected chi connectivity index (χ0v) is 11.7. The minimum atomic E-state index is -3.02. The molecule has 0 aliphatic carbocycles. The van der Waals surface area contributed by atoms with Gasteiger partial charge in [0.1, 0.15) is 0 Å². The van der Waals surface area contributed by atoms with Gasteiger partial charge in [-0.2, -0.15) is 0 Å². The first-order chi connectivity index (χ1) is 7.97. The zero-order chi connectivity index (χ0) is 12.7. The highest BCUT2D eigenvalue weighted by molar-refractivity contribution is 7.88. The van der Waals surface area contributed by atoms with Crippen molar-refractivity contribution in [2.45, 2.75) is 19.3 Å². The lowest BCUT2D eigenvalue weighted by Gasteiger charge is -2.29. The second-order valence-corrected chi connectivity index (χ2v) is 6.83. The molecule has 0 saturated carbocycles. The fourth-order valence-corrected chi connectivity index (χ4v) is 2.73. The number of hydrogen-bond acceptors (Lipinski definition) is 4. The second-order valence-electron chi connectivity index (χ2n) is 4.99. The van der Waals surface area contributed by atoms with Crippen molar-refractivity contribution in [1.29, 1.82) is 0 Å². The van der Waals surface area contributed by atoms with Crippen molar-refractivity contribution in [1.82, 2.24) is 14.9 Å². The van der Waals surface area contributed by atoms with Crippen molar-refractivity contribution in [2.75, 3.05) is 46.0 Å². The average molecular weight is 263 g/mol. The molecule has 102 valence electrons. The van der Waals surface area contributed by atoms with E-state index in [1.807, 2.05) is 0 Å². The van der Waals surface area contributed by atoms with Crippen LogP contribution in [-0.2, 0) is 10.0 Å². The van der Waals surface area contributed by atoms with Crippen LogP contribution in [0.2, 0.25) is 0 Å². The van der Waals surface area contributed by atoms with Crippen LogP contribution in [0.1, 0.15) is 19.3 Å². The molecule has 0 amide bonds. The molecule has 6 heteroatoms. The maximum Gasteiger partial charge on any atom is 0.208 e. The molecule has 1 heterocycles. The summed E-state index contributed by atoms with van der Waals surface area (Å²) in [5.74, 6) is 0.747. The summed E-state index contributed by atoms with van der Waals surface area (Å²) in [6.07, 6.45) is 4.63. The molecule has 1 unspecified atom stereocenters. The van der Waals surface area contributed by atoms with E-state index in [1.54, 1.807) is 0 Å². The van der Waals surface area contributed by atoms with Gasteiger partial charge in [0, 0.05) is 13.1 Å². The summed E-state index contributed by atoms with van der Waals surface area (Å²) in [4.78, 5) is 2.38. The van der Waals surface area contributed by atoms with Crippen LogP contribution in [-0.4, -0.2) is 59.3 Å². The fourth-order valence-electron chi connectivity index (χ4n) is 2.22. The molecule has 0 spiro atoms. The standard InChI is InChI=1S/C11H25N3O2S/c1-14-8-3-5-11(10-14)9-12-6-4-7-13-17(2,15)16/h11-13H,3-10H2,1-2H3. The predicted octanol–water partition coefficient (Wildman–Crippen LogP) is -0.143. The number of nitrogens with one attached hydrogen (secondary N) is 2. The lowest BCUT2D eigenvalue weighted by molar-refractivity contribution is 0.206. The van der Waals surface area contributed by atoms with Gasteiger partial charge in [-0.05, 0) is 51.9 Å². The van der Waals surface area contributed by atoms with Gasteiger partial charge in [0.25, 0.3) is 0 Å². The predicted molar refractivity (Wildman–Crippen MR) is 70.6 cm³/mol. The van der Waals surface area contributed by atoms with E-state index < -0.39 is 10.0 Å². The lowest BCUT2D eigenvalue weighted by Crippen LogP contribution is -2.38. The minimum Gasteiger partial charge on any atom is -0.316 e. The summed E-state index contributed by atoms with van der Waals surface area (Å²) >= 11 is 0. The largest absolute Gasteiger partial charge is 0.316 e. The summed E-state index contributed by atoms with van der Waals surface area (Å²) in [7, 11) is -0.855. The lowest BCUT2D eigenvalue weighted by atomic mass is 9.98. The summed E-state index contributed by atoms with van der Waals surface area (Å²) in [6.45, 7) is 4.84. The van der Waals surface area contributed by atoms with Gasteiger partial charge in [-0.3, -0.25) is 0 Å². The normalized spacial score (nSPS) is 22.8. The van der Waals surface area contributed by atoms with Crippen LogP contribution in [0.25, 0.3) is 0 Å².